The maximum Gasteiger partial charge on any atom is 0.179 e. The zero-order chi connectivity index (χ0) is 12.4. The molecule has 0 heterocycles. The predicted molar refractivity (Wildman–Crippen MR) is 70.6 cm³/mol. The first kappa shape index (κ1) is 12.6. The molecule has 17 heavy (non-hydrogen) atoms. The van der Waals surface area contributed by atoms with E-state index in [1.807, 2.05) is 19.1 Å². The van der Waals surface area contributed by atoms with Gasteiger partial charge < -0.3 is 0 Å². The van der Waals surface area contributed by atoms with Crippen LogP contribution >= 0.6 is 11.6 Å². The SMILES string of the molecule is CCN(C1CC1)C(C)C(=O)c1cccc(Cl)c1. The summed E-state index contributed by atoms with van der Waals surface area (Å²) >= 11 is 5.92. The molecular weight excluding hydrogens is 234 g/mol. The minimum atomic E-state index is -0.0500. The van der Waals surface area contributed by atoms with Crippen molar-refractivity contribution in [2.45, 2.75) is 38.8 Å². The van der Waals surface area contributed by atoms with Crippen LogP contribution in [0.15, 0.2) is 24.3 Å². The highest BCUT2D eigenvalue weighted by Gasteiger charge is 2.33. The van der Waals surface area contributed by atoms with Crippen LogP contribution in [0.2, 0.25) is 5.02 Å². The Hall–Kier alpha value is -0.860. The Bertz CT molecular complexity index is 414. The summed E-state index contributed by atoms with van der Waals surface area (Å²) in [6, 6.07) is 7.77. The molecule has 1 unspecified atom stereocenters. The van der Waals surface area contributed by atoms with Crippen LogP contribution in [0.3, 0.4) is 0 Å². The highest BCUT2D eigenvalue weighted by Crippen LogP contribution is 2.29. The second-order valence-electron chi connectivity index (χ2n) is 4.61. The summed E-state index contributed by atoms with van der Waals surface area (Å²) in [5, 5.41) is 0.623. The molecule has 2 nitrogen and oxygen atoms in total. The van der Waals surface area contributed by atoms with Crippen molar-refractivity contribution in [3.63, 3.8) is 0 Å². The number of likely N-dealkylation sites (N-methyl/N-ethyl adjacent to an activating group) is 1. The van der Waals surface area contributed by atoms with Crippen molar-refractivity contribution in [2.24, 2.45) is 0 Å². The lowest BCUT2D eigenvalue weighted by molar-refractivity contribution is 0.0834. The number of halogens is 1. The van der Waals surface area contributed by atoms with Gasteiger partial charge in [0.2, 0.25) is 0 Å². The second-order valence-corrected chi connectivity index (χ2v) is 5.05. The number of benzene rings is 1. The van der Waals surface area contributed by atoms with Crippen molar-refractivity contribution >= 4 is 17.4 Å². The monoisotopic (exact) mass is 251 g/mol. The van der Waals surface area contributed by atoms with E-state index in [2.05, 4.69) is 11.8 Å². The summed E-state index contributed by atoms with van der Waals surface area (Å²) in [4.78, 5) is 14.6. The van der Waals surface area contributed by atoms with Crippen LogP contribution in [0.25, 0.3) is 0 Å². The van der Waals surface area contributed by atoms with Gasteiger partial charge in [0.25, 0.3) is 0 Å². The molecule has 0 radical (unpaired) electrons. The predicted octanol–water partition coefficient (Wildman–Crippen LogP) is 3.40. The second kappa shape index (κ2) is 5.19. The fraction of sp³-hybridized carbons (Fsp3) is 0.500. The Morgan fingerprint density at radius 3 is 2.76 bits per heavy atom. The Kier molecular flexibility index (Phi) is 3.85. The number of rotatable bonds is 5. The third-order valence-corrected chi connectivity index (χ3v) is 3.60. The molecule has 1 fully saturated rings. The topological polar surface area (TPSA) is 20.3 Å². The molecule has 1 atom stereocenters. The normalized spacial score (nSPS) is 17.2. The molecule has 1 aliphatic rings. The Labute approximate surface area is 108 Å². The molecule has 0 N–H and O–H groups in total. The largest absolute Gasteiger partial charge is 0.292 e. The molecule has 0 spiro atoms. The van der Waals surface area contributed by atoms with Gasteiger partial charge in [-0.25, -0.2) is 0 Å². The summed E-state index contributed by atoms with van der Waals surface area (Å²) in [7, 11) is 0. The summed E-state index contributed by atoms with van der Waals surface area (Å²) < 4.78 is 0. The summed E-state index contributed by atoms with van der Waals surface area (Å²) in [5.74, 6) is 0.168. The van der Waals surface area contributed by atoms with E-state index in [9.17, 15) is 4.79 Å². The zero-order valence-corrected chi connectivity index (χ0v) is 11.1. The molecule has 3 heteroatoms. The molecule has 0 aromatic heterocycles. The van der Waals surface area contributed by atoms with Crippen molar-refractivity contribution in [1.29, 1.82) is 0 Å². The fourth-order valence-corrected chi connectivity index (χ4v) is 2.48. The van der Waals surface area contributed by atoms with Gasteiger partial charge in [-0.2, -0.15) is 0 Å². The quantitative estimate of drug-likeness (QED) is 0.748. The van der Waals surface area contributed by atoms with Crippen LogP contribution in [0.1, 0.15) is 37.0 Å². The molecule has 0 amide bonds. The van der Waals surface area contributed by atoms with E-state index in [1.165, 1.54) is 12.8 Å². The van der Waals surface area contributed by atoms with Crippen molar-refractivity contribution < 1.29 is 4.79 Å². The lowest BCUT2D eigenvalue weighted by Crippen LogP contribution is -2.40. The van der Waals surface area contributed by atoms with Crippen molar-refractivity contribution in [1.82, 2.24) is 4.90 Å². The number of ketones is 1. The molecule has 0 saturated heterocycles. The summed E-state index contributed by atoms with van der Waals surface area (Å²) in [6.07, 6.45) is 2.45. The highest BCUT2D eigenvalue weighted by molar-refractivity contribution is 6.31. The average Bonchev–Trinajstić information content (AvgIpc) is 3.13. The first-order valence-corrected chi connectivity index (χ1v) is 6.56. The Balaban J connectivity index is 2.13. The first-order valence-electron chi connectivity index (χ1n) is 6.19. The molecule has 92 valence electrons. The maximum absolute atomic E-state index is 12.3. The van der Waals surface area contributed by atoms with Crippen LogP contribution in [0.5, 0.6) is 0 Å². The molecule has 2 rings (SSSR count). The van der Waals surface area contributed by atoms with Crippen LogP contribution in [-0.2, 0) is 0 Å². The fourth-order valence-electron chi connectivity index (χ4n) is 2.29. The number of Topliss-reactive ketones (excluding diaryl/α,β-unsaturated/α-hetero) is 1. The van der Waals surface area contributed by atoms with Gasteiger partial charge in [0.05, 0.1) is 6.04 Å². The lowest BCUT2D eigenvalue weighted by atomic mass is 10.0. The molecule has 0 bridgehead atoms. The standard InChI is InChI=1S/C14H18ClNO/c1-3-16(13-7-8-13)10(2)14(17)11-5-4-6-12(15)9-11/h4-6,9-10,13H,3,7-8H2,1-2H3. The number of hydrogen-bond acceptors (Lipinski definition) is 2. The van der Waals surface area contributed by atoms with E-state index in [-0.39, 0.29) is 11.8 Å². The Morgan fingerprint density at radius 2 is 2.24 bits per heavy atom. The van der Waals surface area contributed by atoms with Gasteiger partial charge >= 0.3 is 0 Å². The summed E-state index contributed by atoms with van der Waals surface area (Å²) in [6.45, 7) is 5.03. The molecule has 1 aromatic rings. The number of hydrogen-bond donors (Lipinski definition) is 0. The Morgan fingerprint density at radius 1 is 1.53 bits per heavy atom. The zero-order valence-electron chi connectivity index (χ0n) is 10.3. The first-order chi connectivity index (χ1) is 8.13. The van der Waals surface area contributed by atoms with Crippen LogP contribution in [0, 0.1) is 0 Å². The van der Waals surface area contributed by atoms with Gasteiger partial charge in [-0.05, 0) is 38.4 Å². The lowest BCUT2D eigenvalue weighted by Gasteiger charge is -2.26. The van der Waals surface area contributed by atoms with E-state index < -0.39 is 0 Å². The van der Waals surface area contributed by atoms with Gasteiger partial charge in [-0.15, -0.1) is 0 Å². The van der Waals surface area contributed by atoms with Crippen LogP contribution in [-0.4, -0.2) is 29.3 Å². The van der Waals surface area contributed by atoms with Gasteiger partial charge in [-0.1, -0.05) is 30.7 Å². The highest BCUT2D eigenvalue weighted by atomic mass is 35.5. The van der Waals surface area contributed by atoms with Gasteiger partial charge in [0.1, 0.15) is 0 Å². The van der Waals surface area contributed by atoms with Crippen LogP contribution in [0.4, 0.5) is 0 Å². The van der Waals surface area contributed by atoms with Crippen molar-refractivity contribution in [3.8, 4) is 0 Å². The summed E-state index contributed by atoms with van der Waals surface area (Å²) in [5.41, 5.74) is 0.712. The van der Waals surface area contributed by atoms with E-state index in [1.54, 1.807) is 12.1 Å². The van der Waals surface area contributed by atoms with E-state index in [0.717, 1.165) is 6.54 Å². The van der Waals surface area contributed by atoms with E-state index in [0.29, 0.717) is 16.6 Å². The third kappa shape index (κ3) is 2.88. The molecule has 1 aromatic carbocycles. The molecule has 1 aliphatic carbocycles. The third-order valence-electron chi connectivity index (χ3n) is 3.37. The minimum Gasteiger partial charge on any atom is -0.292 e. The van der Waals surface area contributed by atoms with Crippen molar-refractivity contribution in [2.75, 3.05) is 6.54 Å². The van der Waals surface area contributed by atoms with E-state index in [4.69, 9.17) is 11.6 Å². The molecule has 1 saturated carbocycles. The van der Waals surface area contributed by atoms with Crippen molar-refractivity contribution in [3.05, 3.63) is 34.9 Å². The number of carbonyl (C=O) groups is 1. The maximum atomic E-state index is 12.3. The van der Waals surface area contributed by atoms with Gasteiger partial charge in [0, 0.05) is 16.6 Å². The smallest absolute Gasteiger partial charge is 0.179 e. The minimum absolute atomic E-state index is 0.0500. The van der Waals surface area contributed by atoms with E-state index >= 15 is 0 Å². The number of nitrogens with zero attached hydrogens (tertiary/aromatic N) is 1. The van der Waals surface area contributed by atoms with Gasteiger partial charge in [-0.3, -0.25) is 9.69 Å². The molecule has 0 aliphatic heterocycles. The average molecular weight is 252 g/mol. The van der Waals surface area contributed by atoms with Gasteiger partial charge in [0.15, 0.2) is 5.78 Å². The van der Waals surface area contributed by atoms with Crippen LogP contribution < -0.4 is 0 Å². The molecular formula is C14H18ClNO. The number of carbonyl (C=O) groups excluding carboxylic acids is 1.